The van der Waals surface area contributed by atoms with E-state index in [1.54, 1.807) is 7.11 Å². The number of aryl methyl sites for hydroxylation is 1. The van der Waals surface area contributed by atoms with Crippen LogP contribution in [-0.2, 0) is 6.54 Å². The van der Waals surface area contributed by atoms with E-state index >= 15 is 0 Å². The predicted octanol–water partition coefficient (Wildman–Crippen LogP) is 2.92. The average Bonchev–Trinajstić information content (AvgIpc) is 2.53. The van der Waals surface area contributed by atoms with Gasteiger partial charge in [0.1, 0.15) is 30.5 Å². The third kappa shape index (κ3) is 4.39. The lowest BCUT2D eigenvalue weighted by Crippen LogP contribution is -2.11. The molecule has 0 saturated heterocycles. The van der Waals surface area contributed by atoms with Gasteiger partial charge in [-0.15, -0.1) is 0 Å². The molecule has 0 heterocycles. The summed E-state index contributed by atoms with van der Waals surface area (Å²) < 4.78 is 16.4. The van der Waals surface area contributed by atoms with Crippen molar-refractivity contribution in [3.05, 3.63) is 53.6 Å². The van der Waals surface area contributed by atoms with Crippen LogP contribution in [0.1, 0.15) is 11.1 Å². The normalized spacial score (nSPS) is 10.2. The second kappa shape index (κ2) is 7.55. The standard InChI is InChI=1S/C17H21NO3/c1-13-3-8-17(14(11-13)12-18)21-10-9-20-16-6-4-15(19-2)5-7-16/h3-8,11H,9-10,12,18H2,1-2H3. The molecule has 2 rings (SSSR count). The van der Waals surface area contributed by atoms with E-state index in [0.717, 1.165) is 22.8 Å². The van der Waals surface area contributed by atoms with Crippen LogP contribution in [0.2, 0.25) is 0 Å². The first-order valence-corrected chi connectivity index (χ1v) is 6.92. The number of ether oxygens (including phenoxy) is 3. The maximum atomic E-state index is 5.72. The SMILES string of the molecule is COc1ccc(OCCOc2ccc(C)cc2CN)cc1. The van der Waals surface area contributed by atoms with Gasteiger partial charge in [-0.05, 0) is 37.3 Å². The topological polar surface area (TPSA) is 53.7 Å². The summed E-state index contributed by atoms with van der Waals surface area (Å²) >= 11 is 0. The van der Waals surface area contributed by atoms with Crippen molar-refractivity contribution in [2.24, 2.45) is 5.73 Å². The zero-order valence-corrected chi connectivity index (χ0v) is 12.5. The third-order valence-electron chi connectivity index (χ3n) is 3.10. The van der Waals surface area contributed by atoms with Crippen LogP contribution in [-0.4, -0.2) is 20.3 Å². The summed E-state index contributed by atoms with van der Waals surface area (Å²) in [5.74, 6) is 2.43. The van der Waals surface area contributed by atoms with Gasteiger partial charge in [0.15, 0.2) is 0 Å². The highest BCUT2D eigenvalue weighted by atomic mass is 16.5. The Labute approximate surface area is 125 Å². The van der Waals surface area contributed by atoms with Crippen molar-refractivity contribution in [1.29, 1.82) is 0 Å². The van der Waals surface area contributed by atoms with Crippen molar-refractivity contribution in [2.45, 2.75) is 13.5 Å². The molecule has 4 heteroatoms. The molecular formula is C17H21NO3. The molecule has 0 atom stereocenters. The van der Waals surface area contributed by atoms with Gasteiger partial charge >= 0.3 is 0 Å². The van der Waals surface area contributed by atoms with Crippen LogP contribution in [0.4, 0.5) is 0 Å². The van der Waals surface area contributed by atoms with E-state index in [2.05, 4.69) is 0 Å². The Kier molecular flexibility index (Phi) is 5.46. The molecule has 0 aromatic heterocycles. The van der Waals surface area contributed by atoms with Gasteiger partial charge < -0.3 is 19.9 Å². The predicted molar refractivity (Wildman–Crippen MR) is 83.1 cm³/mol. The van der Waals surface area contributed by atoms with Crippen LogP contribution < -0.4 is 19.9 Å². The summed E-state index contributed by atoms with van der Waals surface area (Å²) in [5, 5.41) is 0. The molecule has 4 nitrogen and oxygen atoms in total. The molecule has 21 heavy (non-hydrogen) atoms. The molecule has 0 fully saturated rings. The Morgan fingerprint density at radius 2 is 1.57 bits per heavy atom. The molecule has 0 radical (unpaired) electrons. The molecule has 0 aliphatic heterocycles. The lowest BCUT2D eigenvalue weighted by Gasteiger charge is -2.12. The van der Waals surface area contributed by atoms with Crippen LogP contribution in [0, 0.1) is 6.92 Å². The summed E-state index contributed by atoms with van der Waals surface area (Å²) in [6.07, 6.45) is 0. The maximum absolute atomic E-state index is 5.72. The minimum Gasteiger partial charge on any atom is -0.497 e. The summed E-state index contributed by atoms with van der Waals surface area (Å²) in [7, 11) is 1.64. The van der Waals surface area contributed by atoms with E-state index in [0.29, 0.717) is 19.8 Å². The molecule has 112 valence electrons. The average molecular weight is 287 g/mol. The number of hydrogen-bond donors (Lipinski definition) is 1. The van der Waals surface area contributed by atoms with Crippen LogP contribution >= 0.6 is 0 Å². The Hall–Kier alpha value is -2.20. The minimum absolute atomic E-state index is 0.469. The van der Waals surface area contributed by atoms with Crippen LogP contribution in [0.15, 0.2) is 42.5 Å². The Bertz CT molecular complexity index is 567. The smallest absolute Gasteiger partial charge is 0.123 e. The largest absolute Gasteiger partial charge is 0.497 e. The first-order valence-electron chi connectivity index (χ1n) is 6.92. The van der Waals surface area contributed by atoms with Crippen molar-refractivity contribution in [3.63, 3.8) is 0 Å². The van der Waals surface area contributed by atoms with Gasteiger partial charge in [-0.25, -0.2) is 0 Å². The fourth-order valence-corrected chi connectivity index (χ4v) is 1.99. The lowest BCUT2D eigenvalue weighted by atomic mass is 10.1. The molecule has 0 aliphatic rings. The first kappa shape index (κ1) is 15.2. The van der Waals surface area contributed by atoms with Crippen LogP contribution in [0.3, 0.4) is 0 Å². The molecule has 0 unspecified atom stereocenters. The molecule has 0 amide bonds. The van der Waals surface area contributed by atoms with Crippen LogP contribution in [0.5, 0.6) is 17.2 Å². The molecule has 0 aliphatic carbocycles. The van der Waals surface area contributed by atoms with Gasteiger partial charge in [-0.3, -0.25) is 0 Å². The van der Waals surface area contributed by atoms with E-state index in [1.165, 1.54) is 5.56 Å². The zero-order chi connectivity index (χ0) is 15.1. The van der Waals surface area contributed by atoms with E-state index in [9.17, 15) is 0 Å². The summed E-state index contributed by atoms with van der Waals surface area (Å²) in [6.45, 7) is 3.46. The van der Waals surface area contributed by atoms with E-state index < -0.39 is 0 Å². The summed E-state index contributed by atoms with van der Waals surface area (Å²) in [5.41, 5.74) is 7.91. The van der Waals surface area contributed by atoms with Gasteiger partial charge in [0.05, 0.1) is 7.11 Å². The van der Waals surface area contributed by atoms with Gasteiger partial charge in [0.2, 0.25) is 0 Å². The highest BCUT2D eigenvalue weighted by Crippen LogP contribution is 2.20. The number of methoxy groups -OCH3 is 1. The third-order valence-corrected chi connectivity index (χ3v) is 3.10. The van der Waals surface area contributed by atoms with Gasteiger partial charge in [-0.2, -0.15) is 0 Å². The second-order valence-corrected chi connectivity index (χ2v) is 4.69. The summed E-state index contributed by atoms with van der Waals surface area (Å²) in [4.78, 5) is 0. The zero-order valence-electron chi connectivity index (χ0n) is 12.5. The van der Waals surface area contributed by atoms with Crippen molar-refractivity contribution >= 4 is 0 Å². The van der Waals surface area contributed by atoms with Crippen molar-refractivity contribution < 1.29 is 14.2 Å². The van der Waals surface area contributed by atoms with Crippen molar-refractivity contribution in [1.82, 2.24) is 0 Å². The highest BCUT2D eigenvalue weighted by molar-refractivity contribution is 5.36. The molecule has 2 aromatic rings. The number of nitrogens with two attached hydrogens (primary N) is 1. The van der Waals surface area contributed by atoms with E-state index in [1.807, 2.05) is 49.4 Å². The molecule has 2 N–H and O–H groups in total. The Morgan fingerprint density at radius 1 is 0.905 bits per heavy atom. The minimum atomic E-state index is 0.469. The van der Waals surface area contributed by atoms with E-state index in [4.69, 9.17) is 19.9 Å². The lowest BCUT2D eigenvalue weighted by molar-refractivity contribution is 0.216. The fourth-order valence-electron chi connectivity index (χ4n) is 1.99. The Morgan fingerprint density at radius 3 is 2.24 bits per heavy atom. The van der Waals surface area contributed by atoms with Gasteiger partial charge in [0.25, 0.3) is 0 Å². The summed E-state index contributed by atoms with van der Waals surface area (Å²) in [6, 6.07) is 13.5. The molecular weight excluding hydrogens is 266 g/mol. The number of rotatable bonds is 7. The quantitative estimate of drug-likeness (QED) is 0.796. The molecule has 0 bridgehead atoms. The monoisotopic (exact) mass is 287 g/mol. The fraction of sp³-hybridized carbons (Fsp3) is 0.294. The van der Waals surface area contributed by atoms with Gasteiger partial charge in [-0.1, -0.05) is 17.7 Å². The second-order valence-electron chi connectivity index (χ2n) is 4.69. The van der Waals surface area contributed by atoms with Crippen molar-refractivity contribution in [3.8, 4) is 17.2 Å². The first-order chi connectivity index (χ1) is 10.2. The molecule has 0 spiro atoms. The molecule has 2 aromatic carbocycles. The number of hydrogen-bond acceptors (Lipinski definition) is 4. The number of benzene rings is 2. The molecule has 0 saturated carbocycles. The highest BCUT2D eigenvalue weighted by Gasteiger charge is 2.02. The maximum Gasteiger partial charge on any atom is 0.123 e. The van der Waals surface area contributed by atoms with E-state index in [-0.39, 0.29) is 0 Å². The van der Waals surface area contributed by atoms with Crippen molar-refractivity contribution in [2.75, 3.05) is 20.3 Å². The Balaban J connectivity index is 1.81. The van der Waals surface area contributed by atoms with Crippen LogP contribution in [0.25, 0.3) is 0 Å². The van der Waals surface area contributed by atoms with Gasteiger partial charge in [0, 0.05) is 12.1 Å².